The van der Waals surface area contributed by atoms with Crippen molar-refractivity contribution in [1.82, 2.24) is 4.72 Å². The van der Waals surface area contributed by atoms with Crippen LogP contribution in [0.15, 0.2) is 23.1 Å². The van der Waals surface area contributed by atoms with E-state index >= 15 is 0 Å². The molecule has 0 bridgehead atoms. The lowest BCUT2D eigenvalue weighted by Gasteiger charge is -2.10. The minimum Gasteiger partial charge on any atom is -0.389 e. The van der Waals surface area contributed by atoms with Gasteiger partial charge in [-0.2, -0.15) is 0 Å². The Balaban J connectivity index is 2.96. The molecule has 0 radical (unpaired) electrons. The summed E-state index contributed by atoms with van der Waals surface area (Å²) >= 11 is 4.82. The molecule has 0 atom stereocenters. The summed E-state index contributed by atoms with van der Waals surface area (Å²) in [5.74, 6) is -0.566. The molecular formula is C11H15N3O3S2. The summed E-state index contributed by atoms with van der Waals surface area (Å²) in [6.45, 7) is 1.61. The van der Waals surface area contributed by atoms with E-state index in [1.54, 1.807) is 13.0 Å². The van der Waals surface area contributed by atoms with E-state index in [4.69, 9.17) is 23.7 Å². The maximum Gasteiger partial charge on any atom is 0.240 e. The SMILES string of the molecule is Cc1cc(C(N)=S)ccc1S(=O)(=O)NCCC(N)=O. The van der Waals surface area contributed by atoms with Crippen molar-refractivity contribution in [2.24, 2.45) is 11.5 Å². The Bertz CT molecular complexity index is 612. The molecule has 104 valence electrons. The number of hydrogen-bond acceptors (Lipinski definition) is 4. The molecule has 0 fully saturated rings. The smallest absolute Gasteiger partial charge is 0.240 e. The van der Waals surface area contributed by atoms with Gasteiger partial charge in [-0.3, -0.25) is 4.79 Å². The molecule has 0 aliphatic heterocycles. The molecule has 0 spiro atoms. The molecule has 1 rings (SSSR count). The number of rotatable bonds is 6. The van der Waals surface area contributed by atoms with Gasteiger partial charge in [0.2, 0.25) is 15.9 Å². The summed E-state index contributed by atoms with van der Waals surface area (Å²) in [6, 6.07) is 4.57. The summed E-state index contributed by atoms with van der Waals surface area (Å²) in [5, 5.41) is 0. The monoisotopic (exact) mass is 301 g/mol. The number of sulfonamides is 1. The van der Waals surface area contributed by atoms with Crippen molar-refractivity contribution in [2.75, 3.05) is 6.54 Å². The van der Waals surface area contributed by atoms with E-state index in [0.29, 0.717) is 11.1 Å². The van der Waals surface area contributed by atoms with Crippen molar-refractivity contribution in [3.05, 3.63) is 29.3 Å². The van der Waals surface area contributed by atoms with E-state index < -0.39 is 15.9 Å². The summed E-state index contributed by atoms with van der Waals surface area (Å²) in [4.78, 5) is 10.9. The Labute approximate surface area is 117 Å². The first-order valence-electron chi connectivity index (χ1n) is 5.42. The normalized spacial score (nSPS) is 11.2. The quantitative estimate of drug-likeness (QED) is 0.628. The van der Waals surface area contributed by atoms with Crippen LogP contribution in [0.1, 0.15) is 17.5 Å². The topological polar surface area (TPSA) is 115 Å². The lowest BCUT2D eigenvalue weighted by Crippen LogP contribution is -2.28. The highest BCUT2D eigenvalue weighted by molar-refractivity contribution is 7.89. The third-order valence-corrected chi connectivity index (χ3v) is 4.27. The highest BCUT2D eigenvalue weighted by Crippen LogP contribution is 2.16. The first-order valence-corrected chi connectivity index (χ1v) is 7.31. The minimum absolute atomic E-state index is 0.0336. The fraction of sp³-hybridized carbons (Fsp3) is 0.273. The van der Waals surface area contributed by atoms with E-state index in [1.807, 2.05) is 0 Å². The van der Waals surface area contributed by atoms with Crippen molar-refractivity contribution >= 4 is 33.1 Å². The molecule has 19 heavy (non-hydrogen) atoms. The molecule has 0 saturated heterocycles. The Kier molecular flexibility index (Phi) is 4.98. The molecule has 8 heteroatoms. The molecule has 1 aromatic carbocycles. The largest absolute Gasteiger partial charge is 0.389 e. The van der Waals surface area contributed by atoms with Gasteiger partial charge in [-0.1, -0.05) is 18.3 Å². The Morgan fingerprint density at radius 2 is 2.00 bits per heavy atom. The van der Waals surface area contributed by atoms with Gasteiger partial charge < -0.3 is 11.5 Å². The van der Waals surface area contributed by atoms with Crippen molar-refractivity contribution in [1.29, 1.82) is 0 Å². The van der Waals surface area contributed by atoms with Crippen molar-refractivity contribution in [2.45, 2.75) is 18.2 Å². The zero-order valence-corrected chi connectivity index (χ0v) is 12.0. The first-order chi connectivity index (χ1) is 8.74. The maximum absolute atomic E-state index is 12.0. The highest BCUT2D eigenvalue weighted by atomic mass is 32.2. The molecule has 0 saturated carbocycles. The number of benzene rings is 1. The summed E-state index contributed by atoms with van der Waals surface area (Å²) in [5.41, 5.74) is 11.5. The number of amides is 1. The second-order valence-corrected chi connectivity index (χ2v) is 6.13. The average molecular weight is 301 g/mol. The minimum atomic E-state index is -3.67. The van der Waals surface area contributed by atoms with Crippen molar-refractivity contribution < 1.29 is 13.2 Å². The van der Waals surface area contributed by atoms with Crippen LogP contribution in [0.4, 0.5) is 0 Å². The predicted molar refractivity (Wildman–Crippen MR) is 76.1 cm³/mol. The van der Waals surface area contributed by atoms with Crippen LogP contribution in [-0.2, 0) is 14.8 Å². The van der Waals surface area contributed by atoms with Gasteiger partial charge in [-0.15, -0.1) is 0 Å². The molecule has 0 heterocycles. The number of nitrogens with two attached hydrogens (primary N) is 2. The molecule has 0 aromatic heterocycles. The fourth-order valence-corrected chi connectivity index (χ4v) is 2.87. The number of primary amides is 1. The van der Waals surface area contributed by atoms with E-state index in [2.05, 4.69) is 4.72 Å². The standard InChI is InChI=1S/C11H15N3O3S2/c1-7-6-8(11(13)18)2-3-9(7)19(16,17)14-5-4-10(12)15/h2-3,6,14H,4-5H2,1H3,(H2,12,15)(H2,13,18). The summed E-state index contributed by atoms with van der Waals surface area (Å²) in [7, 11) is -3.67. The summed E-state index contributed by atoms with van der Waals surface area (Å²) < 4.78 is 26.3. The lowest BCUT2D eigenvalue weighted by atomic mass is 10.1. The zero-order chi connectivity index (χ0) is 14.6. The molecule has 1 aromatic rings. The molecule has 0 aliphatic carbocycles. The number of carbonyl (C=O) groups is 1. The van der Waals surface area contributed by atoms with Crippen LogP contribution in [0.2, 0.25) is 0 Å². The van der Waals surface area contributed by atoms with Gasteiger partial charge in [0.15, 0.2) is 0 Å². The maximum atomic E-state index is 12.0. The highest BCUT2D eigenvalue weighted by Gasteiger charge is 2.17. The molecule has 6 nitrogen and oxygen atoms in total. The Morgan fingerprint density at radius 3 is 2.47 bits per heavy atom. The van der Waals surface area contributed by atoms with Crippen LogP contribution in [-0.4, -0.2) is 25.9 Å². The van der Waals surface area contributed by atoms with Crippen molar-refractivity contribution in [3.8, 4) is 0 Å². The van der Waals surface area contributed by atoms with Crippen LogP contribution in [0.3, 0.4) is 0 Å². The average Bonchev–Trinajstić information content (AvgIpc) is 2.27. The third-order valence-electron chi connectivity index (χ3n) is 2.41. The number of thiocarbonyl (C=S) groups is 1. The number of aryl methyl sites for hydroxylation is 1. The Morgan fingerprint density at radius 1 is 1.37 bits per heavy atom. The molecule has 0 aliphatic rings. The van der Waals surface area contributed by atoms with Gasteiger partial charge in [0.05, 0.1) is 4.90 Å². The van der Waals surface area contributed by atoms with Crippen LogP contribution in [0.25, 0.3) is 0 Å². The Hall–Kier alpha value is -1.51. The van der Waals surface area contributed by atoms with Gasteiger partial charge in [-0.25, -0.2) is 13.1 Å². The first kappa shape index (κ1) is 15.5. The zero-order valence-electron chi connectivity index (χ0n) is 10.3. The van der Waals surface area contributed by atoms with Crippen LogP contribution in [0, 0.1) is 6.92 Å². The fourth-order valence-electron chi connectivity index (χ4n) is 1.49. The number of nitrogens with one attached hydrogen (secondary N) is 1. The molecular weight excluding hydrogens is 286 g/mol. The van der Waals surface area contributed by atoms with Gasteiger partial charge in [0.1, 0.15) is 4.99 Å². The van der Waals surface area contributed by atoms with Gasteiger partial charge >= 0.3 is 0 Å². The van der Waals surface area contributed by atoms with E-state index in [0.717, 1.165) is 0 Å². The van der Waals surface area contributed by atoms with Crippen LogP contribution in [0.5, 0.6) is 0 Å². The number of hydrogen-bond donors (Lipinski definition) is 3. The molecule has 1 amide bonds. The second-order valence-electron chi connectivity index (χ2n) is 3.96. The predicted octanol–water partition coefficient (Wildman–Crippen LogP) is -0.217. The molecule has 5 N–H and O–H groups in total. The summed E-state index contributed by atoms with van der Waals surface area (Å²) in [6.07, 6.45) is -0.0523. The van der Waals surface area contributed by atoms with Gasteiger partial charge in [-0.05, 0) is 24.6 Å². The van der Waals surface area contributed by atoms with Gasteiger partial charge in [0.25, 0.3) is 0 Å². The van der Waals surface area contributed by atoms with Crippen LogP contribution >= 0.6 is 12.2 Å². The second kappa shape index (κ2) is 6.09. The third kappa shape index (κ3) is 4.27. The van der Waals surface area contributed by atoms with Gasteiger partial charge in [0, 0.05) is 18.5 Å². The number of carbonyl (C=O) groups excluding carboxylic acids is 1. The molecule has 0 unspecified atom stereocenters. The lowest BCUT2D eigenvalue weighted by molar-refractivity contribution is -0.117. The van der Waals surface area contributed by atoms with Crippen LogP contribution < -0.4 is 16.2 Å². The van der Waals surface area contributed by atoms with E-state index in [1.165, 1.54) is 12.1 Å². The van der Waals surface area contributed by atoms with Crippen molar-refractivity contribution in [3.63, 3.8) is 0 Å². The van der Waals surface area contributed by atoms with E-state index in [-0.39, 0.29) is 22.8 Å². The van der Waals surface area contributed by atoms with E-state index in [9.17, 15) is 13.2 Å².